The molecule has 0 spiro atoms. The average molecular weight is 366 g/mol. The number of fused-ring (bicyclic) bond motifs is 4. The highest BCUT2D eigenvalue weighted by Crippen LogP contribution is 2.34. The van der Waals surface area contributed by atoms with Crippen molar-refractivity contribution in [3.05, 3.63) is 58.0 Å². The van der Waals surface area contributed by atoms with Gasteiger partial charge >= 0.3 is 0 Å². The molecule has 26 heavy (non-hydrogen) atoms. The number of rotatable bonds is 1. The Balaban J connectivity index is 1.75. The van der Waals surface area contributed by atoms with Crippen molar-refractivity contribution < 1.29 is 0 Å². The number of hydrogen-bond donors (Lipinski definition) is 0. The number of nitrogens with zero attached hydrogens (tertiary/aromatic N) is 3. The first-order chi connectivity index (χ1) is 12.7. The van der Waals surface area contributed by atoms with E-state index < -0.39 is 0 Å². The highest BCUT2D eigenvalue weighted by Gasteiger charge is 2.22. The van der Waals surface area contributed by atoms with Crippen LogP contribution in [-0.2, 0) is 25.7 Å². The Morgan fingerprint density at radius 2 is 1.85 bits per heavy atom. The second-order valence-corrected chi connectivity index (χ2v) is 8.17. The van der Waals surface area contributed by atoms with Crippen LogP contribution >= 0.6 is 11.6 Å². The van der Waals surface area contributed by atoms with E-state index in [0.717, 1.165) is 43.8 Å². The molecule has 3 nitrogen and oxygen atoms in total. The van der Waals surface area contributed by atoms with E-state index in [-0.39, 0.29) is 0 Å². The monoisotopic (exact) mass is 365 g/mol. The van der Waals surface area contributed by atoms with Crippen molar-refractivity contribution in [1.82, 2.24) is 14.5 Å². The third kappa shape index (κ3) is 2.65. The summed E-state index contributed by atoms with van der Waals surface area (Å²) in [4.78, 5) is 7.25. The molecule has 0 atom stereocenters. The molecule has 0 saturated carbocycles. The van der Waals surface area contributed by atoms with Crippen molar-refractivity contribution in [2.24, 2.45) is 0 Å². The Morgan fingerprint density at radius 3 is 2.77 bits per heavy atom. The zero-order valence-electron chi connectivity index (χ0n) is 15.3. The van der Waals surface area contributed by atoms with Crippen LogP contribution < -0.4 is 0 Å². The smallest absolute Gasteiger partial charge is 0.0645 e. The molecular formula is C22H24ClN3. The SMILES string of the molecule is CN1CCc2c(n(-c3cnc4c(c3)CCCC4)c3ccc(Cl)cc23)CC1. The molecule has 0 radical (unpaired) electrons. The average Bonchev–Trinajstić information content (AvgIpc) is 2.83. The Hall–Kier alpha value is -1.84. The summed E-state index contributed by atoms with van der Waals surface area (Å²) in [6.45, 7) is 2.19. The van der Waals surface area contributed by atoms with Gasteiger partial charge in [-0.25, -0.2) is 0 Å². The van der Waals surface area contributed by atoms with E-state index in [9.17, 15) is 0 Å². The topological polar surface area (TPSA) is 21.1 Å². The minimum absolute atomic E-state index is 0.818. The lowest BCUT2D eigenvalue weighted by Gasteiger charge is -2.18. The van der Waals surface area contributed by atoms with Crippen molar-refractivity contribution in [3.8, 4) is 5.69 Å². The van der Waals surface area contributed by atoms with Gasteiger partial charge in [0.05, 0.1) is 17.4 Å². The van der Waals surface area contributed by atoms with Gasteiger partial charge in [0.2, 0.25) is 0 Å². The normalized spacial score (nSPS) is 17.8. The molecule has 2 aliphatic rings. The van der Waals surface area contributed by atoms with E-state index in [2.05, 4.69) is 40.9 Å². The predicted molar refractivity (Wildman–Crippen MR) is 108 cm³/mol. The van der Waals surface area contributed by atoms with E-state index in [1.54, 1.807) is 0 Å². The van der Waals surface area contributed by atoms with Gasteiger partial charge in [0, 0.05) is 41.3 Å². The fourth-order valence-electron chi connectivity index (χ4n) is 4.63. The van der Waals surface area contributed by atoms with E-state index in [4.69, 9.17) is 16.6 Å². The summed E-state index contributed by atoms with van der Waals surface area (Å²) in [6, 6.07) is 8.71. The van der Waals surface area contributed by atoms with Crippen molar-refractivity contribution >= 4 is 22.5 Å². The van der Waals surface area contributed by atoms with Gasteiger partial charge in [-0.2, -0.15) is 0 Å². The minimum Gasteiger partial charge on any atom is -0.312 e. The van der Waals surface area contributed by atoms with Gasteiger partial charge in [-0.15, -0.1) is 0 Å². The molecule has 3 heterocycles. The lowest BCUT2D eigenvalue weighted by molar-refractivity contribution is 0.351. The summed E-state index contributed by atoms with van der Waals surface area (Å²) in [6.07, 6.45) is 9.05. The van der Waals surface area contributed by atoms with E-state index in [0.29, 0.717) is 0 Å². The van der Waals surface area contributed by atoms with Crippen LogP contribution in [0.5, 0.6) is 0 Å². The highest BCUT2D eigenvalue weighted by atomic mass is 35.5. The lowest BCUT2D eigenvalue weighted by Crippen LogP contribution is -2.21. The fourth-order valence-corrected chi connectivity index (χ4v) is 4.80. The fraction of sp³-hybridized carbons (Fsp3) is 0.409. The maximum absolute atomic E-state index is 6.35. The van der Waals surface area contributed by atoms with Crippen LogP contribution in [0.1, 0.15) is 35.4 Å². The van der Waals surface area contributed by atoms with Gasteiger partial charge in [0.15, 0.2) is 0 Å². The molecule has 1 aliphatic carbocycles. The minimum atomic E-state index is 0.818. The molecule has 0 unspecified atom stereocenters. The van der Waals surface area contributed by atoms with Crippen molar-refractivity contribution in [2.45, 2.75) is 38.5 Å². The van der Waals surface area contributed by atoms with Gasteiger partial charge in [-0.1, -0.05) is 11.6 Å². The zero-order valence-corrected chi connectivity index (χ0v) is 16.0. The van der Waals surface area contributed by atoms with Gasteiger partial charge in [0.1, 0.15) is 0 Å². The number of hydrogen-bond acceptors (Lipinski definition) is 2. The summed E-state index contributed by atoms with van der Waals surface area (Å²) in [5.74, 6) is 0. The van der Waals surface area contributed by atoms with Crippen molar-refractivity contribution in [1.29, 1.82) is 0 Å². The number of aromatic nitrogens is 2. The molecule has 4 heteroatoms. The second-order valence-electron chi connectivity index (χ2n) is 7.73. The molecule has 0 fully saturated rings. The molecule has 0 saturated heterocycles. The predicted octanol–water partition coefficient (Wildman–Crippen LogP) is 4.59. The van der Waals surface area contributed by atoms with E-state index in [1.807, 2.05) is 6.07 Å². The Kier molecular flexibility index (Phi) is 4.02. The van der Waals surface area contributed by atoms with Crippen LogP contribution in [0.4, 0.5) is 0 Å². The molecule has 1 aliphatic heterocycles. The van der Waals surface area contributed by atoms with Crippen molar-refractivity contribution in [3.63, 3.8) is 0 Å². The highest BCUT2D eigenvalue weighted by molar-refractivity contribution is 6.31. The standard InChI is InChI=1S/C22H24ClN3/c1-25-10-8-18-19-13-16(23)6-7-21(19)26(22(18)9-11-25)17-12-15-4-2-3-5-20(15)24-14-17/h6-7,12-14H,2-5,8-11H2,1H3. The maximum atomic E-state index is 6.35. The molecule has 3 aromatic rings. The molecule has 0 bridgehead atoms. The first-order valence-electron chi connectivity index (χ1n) is 9.69. The van der Waals surface area contributed by atoms with Crippen LogP contribution in [0.3, 0.4) is 0 Å². The molecule has 2 aromatic heterocycles. The van der Waals surface area contributed by atoms with Gasteiger partial charge in [0.25, 0.3) is 0 Å². The third-order valence-corrected chi connectivity index (χ3v) is 6.27. The summed E-state index contributed by atoms with van der Waals surface area (Å²) in [5.41, 5.74) is 8.11. The van der Waals surface area contributed by atoms with Crippen LogP contribution in [0, 0.1) is 0 Å². The first-order valence-corrected chi connectivity index (χ1v) is 10.1. The van der Waals surface area contributed by atoms with Crippen LogP contribution in [0.2, 0.25) is 5.02 Å². The largest absolute Gasteiger partial charge is 0.312 e. The van der Waals surface area contributed by atoms with Gasteiger partial charge < -0.3 is 9.47 Å². The number of halogens is 1. The van der Waals surface area contributed by atoms with E-state index >= 15 is 0 Å². The number of likely N-dealkylation sites (N-methyl/N-ethyl adjacent to an activating group) is 1. The van der Waals surface area contributed by atoms with Crippen LogP contribution in [0.15, 0.2) is 30.5 Å². The molecule has 5 rings (SSSR count). The Bertz CT molecular complexity index is 989. The summed E-state index contributed by atoms with van der Waals surface area (Å²) >= 11 is 6.35. The second kappa shape index (κ2) is 6.40. The summed E-state index contributed by atoms with van der Waals surface area (Å²) < 4.78 is 2.45. The molecular weight excluding hydrogens is 342 g/mol. The summed E-state index contributed by atoms with van der Waals surface area (Å²) in [5, 5.41) is 2.12. The van der Waals surface area contributed by atoms with Crippen molar-refractivity contribution in [2.75, 3.05) is 20.1 Å². The lowest BCUT2D eigenvalue weighted by atomic mass is 9.96. The zero-order chi connectivity index (χ0) is 17.7. The number of pyridine rings is 1. The Morgan fingerprint density at radius 1 is 1.00 bits per heavy atom. The van der Waals surface area contributed by atoms with Crippen LogP contribution in [0.25, 0.3) is 16.6 Å². The third-order valence-electron chi connectivity index (χ3n) is 6.03. The molecule has 0 N–H and O–H groups in total. The molecule has 1 aromatic carbocycles. The van der Waals surface area contributed by atoms with Crippen LogP contribution in [-0.4, -0.2) is 34.6 Å². The Labute approximate surface area is 159 Å². The number of benzene rings is 1. The summed E-state index contributed by atoms with van der Waals surface area (Å²) in [7, 11) is 2.21. The van der Waals surface area contributed by atoms with Gasteiger partial charge in [-0.3, -0.25) is 4.98 Å². The molecule has 0 amide bonds. The van der Waals surface area contributed by atoms with Gasteiger partial charge in [-0.05, 0) is 74.5 Å². The van der Waals surface area contributed by atoms with E-state index in [1.165, 1.54) is 51.9 Å². The number of aryl methyl sites for hydroxylation is 2. The first kappa shape index (κ1) is 16.3. The quantitative estimate of drug-likeness (QED) is 0.629. The molecule has 134 valence electrons. The maximum Gasteiger partial charge on any atom is 0.0645 e.